The molecule has 0 spiro atoms. The van der Waals surface area contributed by atoms with E-state index in [2.05, 4.69) is 9.97 Å². The Morgan fingerprint density at radius 3 is 2.28 bits per heavy atom. The van der Waals surface area contributed by atoms with Crippen molar-refractivity contribution < 1.29 is 9.90 Å². The minimum Gasteiger partial charge on any atom is -0.481 e. The Morgan fingerprint density at radius 2 is 1.68 bits per heavy atom. The molecule has 0 bridgehead atoms. The third kappa shape index (κ3) is 4.18. The number of benzene rings is 1. The summed E-state index contributed by atoms with van der Waals surface area (Å²) in [6.07, 6.45) is 9.26. The van der Waals surface area contributed by atoms with E-state index in [4.69, 9.17) is 5.11 Å². The highest BCUT2D eigenvalue weighted by Gasteiger charge is 2.12. The molecular formula is C21H18N2O2. The van der Waals surface area contributed by atoms with Crippen LogP contribution in [-0.2, 0) is 4.79 Å². The molecule has 4 nitrogen and oxygen atoms in total. The van der Waals surface area contributed by atoms with E-state index in [0.717, 1.165) is 27.9 Å². The standard InChI is InChI=1S/C21H18N2O2/c1-15(21(24)25)17-5-2-16(3-6-17)4-8-20-9-7-19(14-23-20)18-10-12-22-13-11-18/h2-15H,1H3,(H,24,25)/b8-4+. The van der Waals surface area contributed by atoms with Gasteiger partial charge in [0.25, 0.3) is 0 Å². The second kappa shape index (κ2) is 7.53. The van der Waals surface area contributed by atoms with Gasteiger partial charge >= 0.3 is 5.97 Å². The fourth-order valence-corrected chi connectivity index (χ4v) is 2.44. The maximum Gasteiger partial charge on any atom is 0.310 e. The lowest BCUT2D eigenvalue weighted by molar-refractivity contribution is -0.138. The van der Waals surface area contributed by atoms with Crippen LogP contribution in [0.15, 0.2) is 67.1 Å². The highest BCUT2D eigenvalue weighted by molar-refractivity contribution is 5.76. The lowest BCUT2D eigenvalue weighted by Crippen LogP contribution is -2.06. The zero-order valence-corrected chi connectivity index (χ0v) is 13.8. The van der Waals surface area contributed by atoms with Gasteiger partial charge in [0.05, 0.1) is 11.6 Å². The number of rotatable bonds is 5. The van der Waals surface area contributed by atoms with Crippen molar-refractivity contribution in [2.24, 2.45) is 0 Å². The average Bonchev–Trinajstić information content (AvgIpc) is 2.67. The maximum absolute atomic E-state index is 11.0. The molecule has 0 aliphatic carbocycles. The second-order valence-corrected chi connectivity index (χ2v) is 5.77. The van der Waals surface area contributed by atoms with Crippen molar-refractivity contribution in [2.75, 3.05) is 0 Å². The molecule has 25 heavy (non-hydrogen) atoms. The first kappa shape index (κ1) is 16.6. The van der Waals surface area contributed by atoms with Gasteiger partial charge in [0.15, 0.2) is 0 Å². The fourth-order valence-electron chi connectivity index (χ4n) is 2.44. The first-order chi connectivity index (χ1) is 12.1. The van der Waals surface area contributed by atoms with E-state index in [1.807, 2.05) is 66.9 Å². The van der Waals surface area contributed by atoms with Crippen molar-refractivity contribution in [3.8, 4) is 11.1 Å². The second-order valence-electron chi connectivity index (χ2n) is 5.77. The summed E-state index contributed by atoms with van der Waals surface area (Å²) < 4.78 is 0. The van der Waals surface area contributed by atoms with E-state index >= 15 is 0 Å². The molecule has 3 rings (SSSR count). The van der Waals surface area contributed by atoms with Crippen LogP contribution >= 0.6 is 0 Å². The van der Waals surface area contributed by atoms with Crippen molar-refractivity contribution in [3.05, 3.63) is 83.9 Å². The van der Waals surface area contributed by atoms with Gasteiger partial charge in [-0.25, -0.2) is 0 Å². The van der Waals surface area contributed by atoms with Gasteiger partial charge in [-0.2, -0.15) is 0 Å². The van der Waals surface area contributed by atoms with Crippen LogP contribution in [0.1, 0.15) is 29.7 Å². The normalized spacial score (nSPS) is 12.2. The van der Waals surface area contributed by atoms with Gasteiger partial charge in [0, 0.05) is 24.2 Å². The third-order valence-electron chi connectivity index (χ3n) is 4.05. The number of aromatic nitrogens is 2. The third-order valence-corrected chi connectivity index (χ3v) is 4.05. The van der Waals surface area contributed by atoms with E-state index in [9.17, 15) is 4.79 Å². The number of carboxylic acid groups (broad SMARTS) is 1. The molecule has 0 aliphatic rings. The number of nitrogens with zero attached hydrogens (tertiary/aromatic N) is 2. The molecule has 0 amide bonds. The summed E-state index contributed by atoms with van der Waals surface area (Å²) >= 11 is 0. The van der Waals surface area contributed by atoms with Gasteiger partial charge in [-0.05, 0) is 47.9 Å². The Morgan fingerprint density at radius 1 is 0.960 bits per heavy atom. The van der Waals surface area contributed by atoms with Crippen molar-refractivity contribution in [3.63, 3.8) is 0 Å². The van der Waals surface area contributed by atoms with E-state index in [0.29, 0.717) is 0 Å². The van der Waals surface area contributed by atoms with Gasteiger partial charge in [0.1, 0.15) is 0 Å². The fraction of sp³-hybridized carbons (Fsp3) is 0.0952. The molecule has 0 fully saturated rings. The van der Waals surface area contributed by atoms with Crippen LogP contribution in [0.2, 0.25) is 0 Å². The van der Waals surface area contributed by atoms with Crippen molar-refractivity contribution in [2.45, 2.75) is 12.8 Å². The van der Waals surface area contributed by atoms with Crippen molar-refractivity contribution in [1.29, 1.82) is 0 Å². The predicted molar refractivity (Wildman–Crippen MR) is 98.9 cm³/mol. The lowest BCUT2D eigenvalue weighted by Gasteiger charge is -2.06. The number of carbonyl (C=O) groups is 1. The molecule has 1 aromatic carbocycles. The van der Waals surface area contributed by atoms with Crippen LogP contribution in [-0.4, -0.2) is 21.0 Å². The van der Waals surface area contributed by atoms with Gasteiger partial charge < -0.3 is 5.11 Å². The van der Waals surface area contributed by atoms with Crippen LogP contribution in [0, 0.1) is 0 Å². The Labute approximate surface area is 146 Å². The molecule has 0 saturated carbocycles. The molecule has 1 N–H and O–H groups in total. The molecule has 0 aliphatic heterocycles. The van der Waals surface area contributed by atoms with Crippen molar-refractivity contribution >= 4 is 18.1 Å². The molecule has 4 heteroatoms. The zero-order valence-electron chi connectivity index (χ0n) is 13.8. The Balaban J connectivity index is 1.71. The van der Waals surface area contributed by atoms with E-state index in [-0.39, 0.29) is 0 Å². The maximum atomic E-state index is 11.0. The first-order valence-electron chi connectivity index (χ1n) is 8.01. The number of carboxylic acids is 1. The molecule has 1 unspecified atom stereocenters. The van der Waals surface area contributed by atoms with Gasteiger partial charge in [-0.15, -0.1) is 0 Å². The Bertz CT molecular complexity index is 870. The number of hydrogen-bond donors (Lipinski definition) is 1. The molecule has 2 aromatic heterocycles. The van der Waals surface area contributed by atoms with Crippen LogP contribution in [0.4, 0.5) is 0 Å². The SMILES string of the molecule is CC(C(=O)O)c1ccc(/C=C/c2ccc(-c3ccncc3)cn2)cc1. The lowest BCUT2D eigenvalue weighted by atomic mass is 10.00. The van der Waals surface area contributed by atoms with E-state index in [1.165, 1.54) is 0 Å². The number of hydrogen-bond acceptors (Lipinski definition) is 3. The predicted octanol–water partition coefficient (Wildman–Crippen LogP) is 4.50. The molecule has 2 heterocycles. The van der Waals surface area contributed by atoms with Gasteiger partial charge in [-0.1, -0.05) is 36.4 Å². The summed E-state index contributed by atoms with van der Waals surface area (Å²) in [4.78, 5) is 19.5. The minimum absolute atomic E-state index is 0.500. The summed E-state index contributed by atoms with van der Waals surface area (Å²) in [6, 6.07) is 15.4. The molecule has 1 atom stereocenters. The summed E-state index contributed by atoms with van der Waals surface area (Å²) in [7, 11) is 0. The summed E-state index contributed by atoms with van der Waals surface area (Å²) in [5, 5.41) is 9.04. The largest absolute Gasteiger partial charge is 0.481 e. The van der Waals surface area contributed by atoms with Gasteiger partial charge in [0.2, 0.25) is 0 Å². The molecule has 3 aromatic rings. The number of aliphatic carboxylic acids is 1. The van der Waals surface area contributed by atoms with Crippen molar-refractivity contribution in [1.82, 2.24) is 9.97 Å². The number of pyridine rings is 2. The summed E-state index contributed by atoms with van der Waals surface area (Å²) in [5.41, 5.74) is 4.79. The van der Waals surface area contributed by atoms with Crippen LogP contribution < -0.4 is 0 Å². The van der Waals surface area contributed by atoms with Crippen LogP contribution in [0.3, 0.4) is 0 Å². The smallest absolute Gasteiger partial charge is 0.310 e. The molecular weight excluding hydrogens is 312 g/mol. The summed E-state index contributed by atoms with van der Waals surface area (Å²) in [5.74, 6) is -1.32. The minimum atomic E-state index is -0.818. The zero-order chi connectivity index (χ0) is 17.6. The molecule has 0 radical (unpaired) electrons. The topological polar surface area (TPSA) is 63.1 Å². The highest BCUT2D eigenvalue weighted by atomic mass is 16.4. The highest BCUT2D eigenvalue weighted by Crippen LogP contribution is 2.19. The van der Waals surface area contributed by atoms with Crippen LogP contribution in [0.25, 0.3) is 23.3 Å². The summed E-state index contributed by atoms with van der Waals surface area (Å²) in [6.45, 7) is 1.68. The van der Waals surface area contributed by atoms with E-state index in [1.54, 1.807) is 19.3 Å². The molecule has 0 saturated heterocycles. The molecule has 124 valence electrons. The first-order valence-corrected chi connectivity index (χ1v) is 8.01. The quantitative estimate of drug-likeness (QED) is 0.748. The Kier molecular flexibility index (Phi) is 5.00. The van der Waals surface area contributed by atoms with E-state index < -0.39 is 11.9 Å². The average molecular weight is 330 g/mol. The Hall–Kier alpha value is -3.27. The van der Waals surface area contributed by atoms with Crippen LogP contribution in [0.5, 0.6) is 0 Å². The van der Waals surface area contributed by atoms with Gasteiger partial charge in [-0.3, -0.25) is 14.8 Å². The monoisotopic (exact) mass is 330 g/mol.